The van der Waals surface area contributed by atoms with Gasteiger partial charge in [-0.2, -0.15) is 0 Å². The van der Waals surface area contributed by atoms with Crippen molar-refractivity contribution < 1.29 is 13.5 Å². The summed E-state index contributed by atoms with van der Waals surface area (Å²) >= 11 is 0. The van der Waals surface area contributed by atoms with Crippen LogP contribution in [0, 0.1) is 11.6 Å². The molecule has 2 aromatic rings. The first-order chi connectivity index (χ1) is 10.2. The van der Waals surface area contributed by atoms with Gasteiger partial charge in [0.1, 0.15) is 17.4 Å². The van der Waals surface area contributed by atoms with E-state index in [0.717, 1.165) is 17.7 Å². The van der Waals surface area contributed by atoms with Crippen LogP contribution in [0.2, 0.25) is 0 Å². The lowest BCUT2D eigenvalue weighted by Crippen LogP contribution is -2.16. The summed E-state index contributed by atoms with van der Waals surface area (Å²) in [6.45, 7) is 0.618. The van der Waals surface area contributed by atoms with Crippen molar-refractivity contribution in [3.05, 3.63) is 53.6 Å². The van der Waals surface area contributed by atoms with E-state index in [-0.39, 0.29) is 5.56 Å². The Balaban J connectivity index is 2.00. The third-order valence-electron chi connectivity index (χ3n) is 3.69. The van der Waals surface area contributed by atoms with Crippen LogP contribution in [0.5, 0.6) is 5.75 Å². The molecule has 0 spiro atoms. The second kappa shape index (κ2) is 5.82. The van der Waals surface area contributed by atoms with E-state index in [9.17, 15) is 8.78 Å². The van der Waals surface area contributed by atoms with E-state index >= 15 is 0 Å². The van der Waals surface area contributed by atoms with Gasteiger partial charge >= 0.3 is 0 Å². The molecule has 0 atom stereocenters. The minimum absolute atomic E-state index is 0.283. The predicted octanol–water partition coefficient (Wildman–Crippen LogP) is 3.89. The lowest BCUT2D eigenvalue weighted by Gasteiger charge is -2.13. The molecular formula is C17H17F2NO. The molecule has 0 amide bonds. The molecular weight excluding hydrogens is 272 g/mol. The average molecular weight is 289 g/mol. The summed E-state index contributed by atoms with van der Waals surface area (Å²) < 4.78 is 32.7. The molecule has 1 fully saturated rings. The Hall–Kier alpha value is -1.94. The van der Waals surface area contributed by atoms with Crippen LogP contribution < -0.4 is 10.1 Å². The minimum Gasteiger partial charge on any atom is -0.497 e. The zero-order valence-corrected chi connectivity index (χ0v) is 11.8. The summed E-state index contributed by atoms with van der Waals surface area (Å²) in [7, 11) is 1.59. The number of hydrogen-bond acceptors (Lipinski definition) is 2. The Kier molecular flexibility index (Phi) is 3.88. The molecule has 1 aliphatic rings. The molecule has 0 bridgehead atoms. The quantitative estimate of drug-likeness (QED) is 0.901. The second-order valence-electron chi connectivity index (χ2n) is 5.30. The first-order valence-electron chi connectivity index (χ1n) is 7.03. The lowest BCUT2D eigenvalue weighted by molar-refractivity contribution is 0.414. The van der Waals surface area contributed by atoms with Crippen LogP contribution in [-0.4, -0.2) is 13.2 Å². The van der Waals surface area contributed by atoms with Gasteiger partial charge in [-0.1, -0.05) is 6.07 Å². The van der Waals surface area contributed by atoms with Crippen molar-refractivity contribution in [2.45, 2.75) is 25.4 Å². The van der Waals surface area contributed by atoms with Crippen LogP contribution in [0.25, 0.3) is 11.1 Å². The van der Waals surface area contributed by atoms with E-state index in [2.05, 4.69) is 5.32 Å². The number of ether oxygens (including phenoxy) is 1. The van der Waals surface area contributed by atoms with Gasteiger partial charge in [0.25, 0.3) is 0 Å². The smallest absolute Gasteiger partial charge is 0.131 e. The van der Waals surface area contributed by atoms with Crippen molar-refractivity contribution in [1.82, 2.24) is 5.32 Å². The van der Waals surface area contributed by atoms with E-state index in [1.807, 2.05) is 6.07 Å². The first-order valence-corrected chi connectivity index (χ1v) is 7.03. The minimum atomic E-state index is -0.441. The summed E-state index contributed by atoms with van der Waals surface area (Å²) in [5.41, 5.74) is 1.89. The van der Waals surface area contributed by atoms with Crippen LogP contribution >= 0.6 is 0 Å². The summed E-state index contributed by atoms with van der Waals surface area (Å²) in [5.74, 6) is -0.152. The van der Waals surface area contributed by atoms with Gasteiger partial charge < -0.3 is 10.1 Å². The molecule has 0 saturated heterocycles. The molecule has 1 saturated carbocycles. The molecule has 1 N–H and O–H groups in total. The molecule has 3 rings (SSSR count). The molecule has 110 valence electrons. The number of rotatable bonds is 5. The maximum Gasteiger partial charge on any atom is 0.131 e. The van der Waals surface area contributed by atoms with Gasteiger partial charge in [0.05, 0.1) is 7.11 Å². The maximum absolute atomic E-state index is 14.0. The number of hydrogen-bond donors (Lipinski definition) is 1. The predicted molar refractivity (Wildman–Crippen MR) is 78.2 cm³/mol. The van der Waals surface area contributed by atoms with Crippen LogP contribution in [0.3, 0.4) is 0 Å². The summed E-state index contributed by atoms with van der Waals surface area (Å²) in [6.07, 6.45) is 2.35. The van der Waals surface area contributed by atoms with Gasteiger partial charge in [-0.05, 0) is 54.3 Å². The van der Waals surface area contributed by atoms with Gasteiger partial charge in [0.15, 0.2) is 0 Å². The summed E-state index contributed by atoms with van der Waals surface area (Å²) in [5, 5.41) is 3.40. The number of benzene rings is 2. The number of halogens is 2. The fraction of sp³-hybridized carbons (Fsp3) is 0.294. The Morgan fingerprint density at radius 1 is 1.10 bits per heavy atom. The van der Waals surface area contributed by atoms with Crippen molar-refractivity contribution in [1.29, 1.82) is 0 Å². The molecule has 4 heteroatoms. The Morgan fingerprint density at radius 3 is 2.62 bits per heavy atom. The molecule has 21 heavy (non-hydrogen) atoms. The fourth-order valence-corrected chi connectivity index (χ4v) is 2.35. The molecule has 0 radical (unpaired) electrons. The fourth-order valence-electron chi connectivity index (χ4n) is 2.35. The van der Waals surface area contributed by atoms with Gasteiger partial charge in [0, 0.05) is 18.2 Å². The molecule has 0 unspecified atom stereocenters. The van der Waals surface area contributed by atoms with E-state index in [1.54, 1.807) is 19.2 Å². The molecule has 2 nitrogen and oxygen atoms in total. The summed E-state index contributed by atoms with van der Waals surface area (Å²) in [6, 6.07) is 9.48. The van der Waals surface area contributed by atoms with Gasteiger partial charge in [-0.15, -0.1) is 0 Å². The average Bonchev–Trinajstić information content (AvgIpc) is 3.32. The van der Waals surface area contributed by atoms with Crippen LogP contribution in [-0.2, 0) is 6.54 Å². The van der Waals surface area contributed by atoms with Crippen molar-refractivity contribution in [3.63, 3.8) is 0 Å². The lowest BCUT2D eigenvalue weighted by atomic mass is 9.98. The van der Waals surface area contributed by atoms with Crippen molar-refractivity contribution in [2.75, 3.05) is 7.11 Å². The normalized spacial score (nSPS) is 14.2. The topological polar surface area (TPSA) is 21.3 Å². The highest BCUT2D eigenvalue weighted by atomic mass is 19.1. The van der Waals surface area contributed by atoms with Crippen molar-refractivity contribution in [3.8, 4) is 16.9 Å². The molecule has 0 heterocycles. The monoisotopic (exact) mass is 289 g/mol. The van der Waals surface area contributed by atoms with Gasteiger partial charge in [-0.3, -0.25) is 0 Å². The molecule has 0 aliphatic heterocycles. The highest BCUT2D eigenvalue weighted by molar-refractivity contribution is 5.69. The maximum atomic E-state index is 14.0. The number of methoxy groups -OCH3 is 1. The van der Waals surface area contributed by atoms with Gasteiger partial charge in [-0.25, -0.2) is 8.78 Å². The Bertz CT molecular complexity index is 653. The molecule has 2 aromatic carbocycles. The Labute approximate surface area is 122 Å². The standard InChI is InChI=1S/C17H17F2NO/c1-21-14-5-6-15(11(8-14)10-20-13-3-4-13)16-9-12(18)2-7-17(16)19/h2,5-9,13,20H,3-4,10H2,1H3. The third-order valence-corrected chi connectivity index (χ3v) is 3.69. The SMILES string of the molecule is COc1ccc(-c2cc(F)ccc2F)c(CNC2CC2)c1. The molecule has 0 aromatic heterocycles. The van der Waals surface area contributed by atoms with Crippen LogP contribution in [0.15, 0.2) is 36.4 Å². The van der Waals surface area contributed by atoms with Crippen molar-refractivity contribution in [2.24, 2.45) is 0 Å². The van der Waals surface area contributed by atoms with Crippen LogP contribution in [0.4, 0.5) is 8.78 Å². The first kappa shape index (κ1) is 14.0. The van der Waals surface area contributed by atoms with Gasteiger partial charge in [0.2, 0.25) is 0 Å². The molecule has 1 aliphatic carbocycles. The van der Waals surface area contributed by atoms with Crippen molar-refractivity contribution >= 4 is 0 Å². The highest BCUT2D eigenvalue weighted by Gasteiger charge is 2.21. The second-order valence-corrected chi connectivity index (χ2v) is 5.30. The zero-order valence-electron chi connectivity index (χ0n) is 11.8. The van der Waals surface area contributed by atoms with E-state index in [0.29, 0.717) is 23.9 Å². The number of nitrogens with one attached hydrogen (secondary N) is 1. The van der Waals surface area contributed by atoms with E-state index in [4.69, 9.17) is 4.74 Å². The van der Waals surface area contributed by atoms with Crippen LogP contribution in [0.1, 0.15) is 18.4 Å². The largest absolute Gasteiger partial charge is 0.497 e. The van der Waals surface area contributed by atoms with E-state index < -0.39 is 11.6 Å². The third kappa shape index (κ3) is 3.22. The highest BCUT2D eigenvalue weighted by Crippen LogP contribution is 2.31. The summed E-state index contributed by atoms with van der Waals surface area (Å²) in [4.78, 5) is 0. The Morgan fingerprint density at radius 2 is 1.90 bits per heavy atom. The zero-order chi connectivity index (χ0) is 14.8. The van der Waals surface area contributed by atoms with E-state index in [1.165, 1.54) is 18.9 Å².